The van der Waals surface area contributed by atoms with Gasteiger partial charge in [-0.15, -0.1) is 0 Å². The number of nitrogens with zero attached hydrogens (tertiary/aromatic N) is 1. The molecule has 3 rings (SSSR count). The summed E-state index contributed by atoms with van der Waals surface area (Å²) in [7, 11) is 0. The van der Waals surface area contributed by atoms with Gasteiger partial charge in [0.05, 0.1) is 16.6 Å². The van der Waals surface area contributed by atoms with Gasteiger partial charge in [0, 0.05) is 5.54 Å². The SMILES string of the molecule is CC1(n2c(=S)[nH]c3cc(C(F)(F)F)ccc32)CCC1. The fourth-order valence-electron chi connectivity index (χ4n) is 2.74. The Labute approximate surface area is 113 Å². The van der Waals surface area contributed by atoms with E-state index >= 15 is 0 Å². The van der Waals surface area contributed by atoms with Crippen LogP contribution in [0.15, 0.2) is 18.2 Å². The maximum absolute atomic E-state index is 12.7. The van der Waals surface area contributed by atoms with Crippen LogP contribution in [-0.2, 0) is 11.7 Å². The summed E-state index contributed by atoms with van der Waals surface area (Å²) in [5.74, 6) is 0. The second kappa shape index (κ2) is 3.85. The molecule has 102 valence electrons. The van der Waals surface area contributed by atoms with Gasteiger partial charge >= 0.3 is 6.18 Å². The van der Waals surface area contributed by atoms with E-state index in [4.69, 9.17) is 12.2 Å². The summed E-state index contributed by atoms with van der Waals surface area (Å²) < 4.78 is 40.5. The fourth-order valence-corrected chi connectivity index (χ4v) is 3.16. The first kappa shape index (κ1) is 12.7. The topological polar surface area (TPSA) is 20.7 Å². The summed E-state index contributed by atoms with van der Waals surface area (Å²) in [6.07, 6.45) is -1.18. The minimum absolute atomic E-state index is 0.0604. The Kier molecular flexibility index (Phi) is 2.58. The Morgan fingerprint density at radius 2 is 2.00 bits per heavy atom. The molecule has 19 heavy (non-hydrogen) atoms. The van der Waals surface area contributed by atoms with Crippen molar-refractivity contribution >= 4 is 23.3 Å². The van der Waals surface area contributed by atoms with E-state index < -0.39 is 11.7 Å². The van der Waals surface area contributed by atoms with Crippen molar-refractivity contribution in [3.05, 3.63) is 28.5 Å². The summed E-state index contributed by atoms with van der Waals surface area (Å²) in [4.78, 5) is 2.89. The molecule has 0 unspecified atom stereocenters. The molecule has 1 saturated carbocycles. The largest absolute Gasteiger partial charge is 0.416 e. The standard InChI is InChI=1S/C13H13F3N2S/c1-12(5-2-6-12)18-10-4-3-8(13(14,15)16)7-9(10)17-11(18)19/h3-4,7H,2,5-6H2,1H3,(H,17,19). The summed E-state index contributed by atoms with van der Waals surface area (Å²) in [5.41, 5.74) is 0.491. The Hall–Kier alpha value is -1.30. The van der Waals surface area contributed by atoms with E-state index in [1.807, 2.05) is 4.57 Å². The van der Waals surface area contributed by atoms with Gasteiger partial charge in [-0.1, -0.05) is 0 Å². The average Bonchev–Trinajstić information content (AvgIpc) is 2.60. The highest BCUT2D eigenvalue weighted by Crippen LogP contribution is 2.41. The number of benzene rings is 1. The maximum Gasteiger partial charge on any atom is 0.416 e. The zero-order valence-corrected chi connectivity index (χ0v) is 11.2. The van der Waals surface area contributed by atoms with E-state index in [1.54, 1.807) is 0 Å². The van der Waals surface area contributed by atoms with Crippen LogP contribution in [0.3, 0.4) is 0 Å². The van der Waals surface area contributed by atoms with Gasteiger partial charge in [0.15, 0.2) is 4.77 Å². The number of imidazole rings is 1. The van der Waals surface area contributed by atoms with Crippen molar-refractivity contribution in [3.8, 4) is 0 Å². The number of alkyl halides is 3. The van der Waals surface area contributed by atoms with Crippen LogP contribution in [0.1, 0.15) is 31.7 Å². The first-order chi connectivity index (χ1) is 8.81. The second-order valence-corrected chi connectivity index (χ2v) is 5.73. The van der Waals surface area contributed by atoms with E-state index in [2.05, 4.69) is 11.9 Å². The number of fused-ring (bicyclic) bond motifs is 1. The minimum Gasteiger partial charge on any atom is -0.331 e. The molecule has 0 atom stereocenters. The van der Waals surface area contributed by atoms with E-state index in [-0.39, 0.29) is 5.54 Å². The van der Waals surface area contributed by atoms with Crippen molar-refractivity contribution in [3.63, 3.8) is 0 Å². The number of halogens is 3. The first-order valence-corrected chi connectivity index (χ1v) is 6.55. The molecule has 2 aromatic rings. The molecule has 1 heterocycles. The number of H-pyrrole nitrogens is 1. The zero-order valence-electron chi connectivity index (χ0n) is 10.3. The van der Waals surface area contributed by atoms with E-state index in [9.17, 15) is 13.2 Å². The predicted molar refractivity (Wildman–Crippen MR) is 69.6 cm³/mol. The number of hydrogen-bond acceptors (Lipinski definition) is 1. The number of aromatic amines is 1. The highest BCUT2D eigenvalue weighted by molar-refractivity contribution is 7.71. The molecule has 0 bridgehead atoms. The van der Waals surface area contributed by atoms with Crippen molar-refractivity contribution in [2.45, 2.75) is 37.9 Å². The van der Waals surface area contributed by atoms with Gasteiger partial charge in [0.2, 0.25) is 0 Å². The first-order valence-electron chi connectivity index (χ1n) is 6.14. The molecule has 1 fully saturated rings. The molecule has 0 aliphatic heterocycles. The molecule has 0 saturated heterocycles. The summed E-state index contributed by atoms with van der Waals surface area (Å²) in [6, 6.07) is 3.75. The molecule has 0 radical (unpaired) electrons. The Morgan fingerprint density at radius 1 is 1.32 bits per heavy atom. The van der Waals surface area contributed by atoms with Gasteiger partial charge in [-0.2, -0.15) is 13.2 Å². The van der Waals surface area contributed by atoms with Gasteiger partial charge < -0.3 is 9.55 Å². The van der Waals surface area contributed by atoms with Crippen LogP contribution in [0.5, 0.6) is 0 Å². The van der Waals surface area contributed by atoms with Crippen molar-refractivity contribution in [1.82, 2.24) is 9.55 Å². The van der Waals surface area contributed by atoms with Crippen molar-refractivity contribution in [1.29, 1.82) is 0 Å². The third kappa shape index (κ3) is 1.89. The van der Waals surface area contributed by atoms with Gasteiger partial charge in [-0.25, -0.2) is 0 Å². The summed E-state index contributed by atoms with van der Waals surface area (Å²) in [5, 5.41) is 0. The molecular weight excluding hydrogens is 273 g/mol. The maximum atomic E-state index is 12.7. The fraction of sp³-hybridized carbons (Fsp3) is 0.462. The van der Waals surface area contributed by atoms with Crippen LogP contribution in [0.4, 0.5) is 13.2 Å². The highest BCUT2D eigenvalue weighted by atomic mass is 32.1. The molecule has 1 aromatic carbocycles. The van der Waals surface area contributed by atoms with Crippen LogP contribution >= 0.6 is 12.2 Å². The van der Waals surface area contributed by atoms with Crippen LogP contribution in [0, 0.1) is 4.77 Å². The Morgan fingerprint density at radius 3 is 2.53 bits per heavy atom. The van der Waals surface area contributed by atoms with Crippen LogP contribution in [0.25, 0.3) is 11.0 Å². The number of rotatable bonds is 1. The quantitative estimate of drug-likeness (QED) is 0.759. The van der Waals surface area contributed by atoms with Crippen LogP contribution in [-0.4, -0.2) is 9.55 Å². The van der Waals surface area contributed by atoms with Crippen molar-refractivity contribution in [2.75, 3.05) is 0 Å². The van der Waals surface area contributed by atoms with E-state index in [1.165, 1.54) is 6.07 Å². The molecule has 2 nitrogen and oxygen atoms in total. The zero-order chi connectivity index (χ0) is 13.8. The van der Waals surface area contributed by atoms with Crippen LogP contribution in [0.2, 0.25) is 0 Å². The minimum atomic E-state index is -4.33. The number of nitrogens with one attached hydrogen (secondary N) is 1. The third-order valence-corrected chi connectivity index (χ3v) is 4.26. The van der Waals surface area contributed by atoms with E-state index in [0.717, 1.165) is 36.9 Å². The molecule has 1 N–H and O–H groups in total. The van der Waals surface area contributed by atoms with E-state index in [0.29, 0.717) is 10.3 Å². The Balaban J connectivity index is 2.21. The van der Waals surface area contributed by atoms with Crippen molar-refractivity contribution in [2.24, 2.45) is 0 Å². The molecule has 6 heteroatoms. The van der Waals surface area contributed by atoms with Gasteiger partial charge in [-0.3, -0.25) is 0 Å². The number of hydrogen-bond donors (Lipinski definition) is 1. The second-order valence-electron chi connectivity index (χ2n) is 5.35. The molecular formula is C13H13F3N2S. The lowest BCUT2D eigenvalue weighted by molar-refractivity contribution is -0.137. The molecule has 1 aliphatic carbocycles. The monoisotopic (exact) mass is 286 g/mol. The lowest BCUT2D eigenvalue weighted by Crippen LogP contribution is -2.37. The molecule has 1 aromatic heterocycles. The Bertz CT molecular complexity index is 692. The average molecular weight is 286 g/mol. The lowest BCUT2D eigenvalue weighted by atomic mass is 9.78. The lowest BCUT2D eigenvalue weighted by Gasteiger charge is -2.40. The molecule has 0 amide bonds. The highest BCUT2D eigenvalue weighted by Gasteiger charge is 2.36. The summed E-state index contributed by atoms with van der Waals surface area (Å²) >= 11 is 5.26. The summed E-state index contributed by atoms with van der Waals surface area (Å²) in [6.45, 7) is 2.09. The molecule has 0 spiro atoms. The predicted octanol–water partition coefficient (Wildman–Crippen LogP) is 4.62. The van der Waals surface area contributed by atoms with Crippen molar-refractivity contribution < 1.29 is 13.2 Å². The smallest absolute Gasteiger partial charge is 0.331 e. The number of aromatic nitrogens is 2. The van der Waals surface area contributed by atoms with Gasteiger partial charge in [0.1, 0.15) is 0 Å². The molecule has 1 aliphatic rings. The third-order valence-electron chi connectivity index (χ3n) is 3.98. The van der Waals surface area contributed by atoms with Crippen LogP contribution < -0.4 is 0 Å². The van der Waals surface area contributed by atoms with Gasteiger partial charge in [0.25, 0.3) is 0 Å². The van der Waals surface area contributed by atoms with Gasteiger partial charge in [-0.05, 0) is 56.6 Å². The normalized spacial score (nSPS) is 18.5.